The number of hydrogen-bond donors (Lipinski definition) is 3. The normalized spacial score (nSPS) is 25.0. The van der Waals surface area contributed by atoms with Gasteiger partial charge >= 0.3 is 12.2 Å². The maximum Gasteiger partial charge on any atom is 0.437 e. The molecule has 0 aliphatic carbocycles. The first-order valence-corrected chi connectivity index (χ1v) is 8.34. The predicted molar refractivity (Wildman–Crippen MR) is 91.1 cm³/mol. The van der Waals surface area contributed by atoms with Gasteiger partial charge in [0.15, 0.2) is 5.78 Å². The Bertz CT molecular complexity index is 920. The number of nitrogens with one attached hydrogen (secondary N) is 2. The van der Waals surface area contributed by atoms with Gasteiger partial charge in [0, 0.05) is 16.1 Å². The summed E-state index contributed by atoms with van der Waals surface area (Å²) in [6.45, 7) is 0. The Morgan fingerprint density at radius 2 is 1.71 bits per heavy atom. The molecule has 28 heavy (non-hydrogen) atoms. The van der Waals surface area contributed by atoms with Gasteiger partial charge in [0.25, 0.3) is 0 Å². The number of amides is 2. The first kappa shape index (κ1) is 20.1. The average molecular weight is 417 g/mol. The number of carbonyl (C=O) groups is 2. The molecule has 0 spiro atoms. The Labute approximate surface area is 161 Å². The number of alkyl halides is 3. The Morgan fingerprint density at radius 3 is 2.29 bits per heavy atom. The van der Waals surface area contributed by atoms with Crippen LogP contribution in [0.5, 0.6) is 0 Å². The lowest BCUT2D eigenvalue weighted by Gasteiger charge is -2.45. The van der Waals surface area contributed by atoms with E-state index in [0.717, 1.165) is 12.1 Å². The van der Waals surface area contributed by atoms with Crippen LogP contribution in [-0.2, 0) is 0 Å². The highest BCUT2D eigenvalue weighted by atomic mass is 35.5. The molecule has 1 aliphatic rings. The lowest BCUT2D eigenvalue weighted by molar-refractivity contribution is -0.287. The average Bonchev–Trinajstić information content (AvgIpc) is 2.60. The molecule has 2 amide bonds. The van der Waals surface area contributed by atoms with Gasteiger partial charge in [-0.3, -0.25) is 4.79 Å². The SMILES string of the molecule is O=C1NC(c2ccccc2F)C(C(=O)c2ccc(Cl)cc2)C(O)(C(F)(F)F)N1. The van der Waals surface area contributed by atoms with Gasteiger partial charge in [-0.15, -0.1) is 0 Å². The van der Waals surface area contributed by atoms with Crippen molar-refractivity contribution in [2.24, 2.45) is 5.92 Å². The lowest BCUT2D eigenvalue weighted by atomic mass is 9.77. The number of urea groups is 1. The molecule has 1 fully saturated rings. The van der Waals surface area contributed by atoms with Gasteiger partial charge in [0.2, 0.25) is 5.72 Å². The highest BCUT2D eigenvalue weighted by Gasteiger charge is 2.66. The van der Waals surface area contributed by atoms with Crippen LogP contribution in [0.1, 0.15) is 22.0 Å². The molecule has 0 aromatic heterocycles. The number of rotatable bonds is 3. The van der Waals surface area contributed by atoms with Crippen molar-refractivity contribution in [1.82, 2.24) is 10.6 Å². The third-order valence-electron chi connectivity index (χ3n) is 4.46. The molecule has 0 radical (unpaired) electrons. The summed E-state index contributed by atoms with van der Waals surface area (Å²) in [5.74, 6) is -4.39. The van der Waals surface area contributed by atoms with Gasteiger partial charge in [-0.25, -0.2) is 9.18 Å². The fraction of sp³-hybridized carbons (Fsp3) is 0.222. The zero-order chi connectivity index (χ0) is 20.7. The van der Waals surface area contributed by atoms with E-state index in [1.165, 1.54) is 41.7 Å². The lowest BCUT2D eigenvalue weighted by Crippen LogP contribution is -2.72. The van der Waals surface area contributed by atoms with Crippen LogP contribution in [0, 0.1) is 11.7 Å². The topological polar surface area (TPSA) is 78.4 Å². The second kappa shape index (κ2) is 7.06. The van der Waals surface area contributed by atoms with E-state index in [1.807, 2.05) is 0 Å². The molecule has 3 atom stereocenters. The van der Waals surface area contributed by atoms with Crippen molar-refractivity contribution < 1.29 is 32.3 Å². The van der Waals surface area contributed by atoms with E-state index >= 15 is 0 Å². The Kier molecular flexibility index (Phi) is 5.07. The Balaban J connectivity index is 2.18. The third-order valence-corrected chi connectivity index (χ3v) is 4.71. The van der Waals surface area contributed by atoms with Crippen LogP contribution in [0.3, 0.4) is 0 Å². The minimum absolute atomic E-state index is 0.198. The zero-order valence-electron chi connectivity index (χ0n) is 13.9. The van der Waals surface area contributed by atoms with Crippen LogP contribution in [0.2, 0.25) is 5.02 Å². The number of aliphatic hydroxyl groups is 1. The molecule has 0 bridgehead atoms. The largest absolute Gasteiger partial charge is 0.437 e. The van der Waals surface area contributed by atoms with Gasteiger partial charge in [0.05, 0.1) is 6.04 Å². The summed E-state index contributed by atoms with van der Waals surface area (Å²) in [6.07, 6.45) is -5.42. The number of ketones is 1. The van der Waals surface area contributed by atoms with Gasteiger partial charge < -0.3 is 15.7 Å². The van der Waals surface area contributed by atoms with Crippen molar-refractivity contribution in [1.29, 1.82) is 0 Å². The fourth-order valence-corrected chi connectivity index (χ4v) is 3.25. The van der Waals surface area contributed by atoms with Crippen LogP contribution in [0.15, 0.2) is 48.5 Å². The fourth-order valence-electron chi connectivity index (χ4n) is 3.12. The molecule has 1 aliphatic heterocycles. The van der Waals surface area contributed by atoms with Crippen molar-refractivity contribution in [3.8, 4) is 0 Å². The smallest absolute Gasteiger partial charge is 0.363 e. The van der Waals surface area contributed by atoms with Crippen LogP contribution >= 0.6 is 11.6 Å². The molecule has 1 heterocycles. The summed E-state index contributed by atoms with van der Waals surface area (Å²) >= 11 is 5.74. The van der Waals surface area contributed by atoms with E-state index in [2.05, 4.69) is 5.32 Å². The molecule has 3 rings (SSSR count). The summed E-state index contributed by atoms with van der Waals surface area (Å²) < 4.78 is 55.4. The predicted octanol–water partition coefficient (Wildman–Crippen LogP) is 3.58. The summed E-state index contributed by atoms with van der Waals surface area (Å²) in [6, 6.07) is 6.49. The molecule has 3 unspecified atom stereocenters. The van der Waals surface area contributed by atoms with Crippen molar-refractivity contribution in [3.05, 3.63) is 70.5 Å². The molecule has 5 nitrogen and oxygen atoms in total. The minimum atomic E-state index is -5.42. The number of hydrogen-bond acceptors (Lipinski definition) is 3. The molecule has 148 valence electrons. The molecule has 3 N–H and O–H groups in total. The number of Topliss-reactive ketones (excluding diaryl/α,β-unsaturated/α-hetero) is 1. The van der Waals surface area contributed by atoms with Crippen LogP contribution in [0.25, 0.3) is 0 Å². The monoisotopic (exact) mass is 416 g/mol. The van der Waals surface area contributed by atoms with Gasteiger partial charge in [-0.05, 0) is 30.3 Å². The maximum absolute atomic E-state index is 14.3. The van der Waals surface area contributed by atoms with E-state index in [-0.39, 0.29) is 16.1 Å². The first-order chi connectivity index (χ1) is 13.0. The van der Waals surface area contributed by atoms with Gasteiger partial charge in [-0.1, -0.05) is 29.8 Å². The van der Waals surface area contributed by atoms with Crippen molar-refractivity contribution in [2.45, 2.75) is 17.9 Å². The highest BCUT2D eigenvalue weighted by Crippen LogP contribution is 2.44. The van der Waals surface area contributed by atoms with Crippen molar-refractivity contribution in [3.63, 3.8) is 0 Å². The third kappa shape index (κ3) is 3.43. The van der Waals surface area contributed by atoms with E-state index in [9.17, 15) is 32.3 Å². The zero-order valence-corrected chi connectivity index (χ0v) is 14.7. The Morgan fingerprint density at radius 1 is 1.11 bits per heavy atom. The highest BCUT2D eigenvalue weighted by molar-refractivity contribution is 6.30. The number of benzene rings is 2. The number of halogens is 5. The van der Waals surface area contributed by atoms with Crippen LogP contribution in [0.4, 0.5) is 22.4 Å². The van der Waals surface area contributed by atoms with Crippen LogP contribution < -0.4 is 10.6 Å². The minimum Gasteiger partial charge on any atom is -0.363 e. The van der Waals surface area contributed by atoms with E-state index in [4.69, 9.17) is 11.6 Å². The second-order valence-electron chi connectivity index (χ2n) is 6.21. The first-order valence-electron chi connectivity index (χ1n) is 7.96. The molecule has 0 saturated carbocycles. The maximum atomic E-state index is 14.3. The van der Waals surface area contributed by atoms with Crippen molar-refractivity contribution >= 4 is 23.4 Å². The summed E-state index contributed by atoms with van der Waals surface area (Å²) in [5, 5.41) is 14.1. The molecule has 2 aromatic rings. The number of carbonyl (C=O) groups excluding carboxylic acids is 2. The molecular weight excluding hydrogens is 404 g/mol. The Hall–Kier alpha value is -2.65. The van der Waals surface area contributed by atoms with Gasteiger partial charge in [-0.2, -0.15) is 13.2 Å². The van der Waals surface area contributed by atoms with Crippen molar-refractivity contribution in [2.75, 3.05) is 0 Å². The molecule has 2 aromatic carbocycles. The van der Waals surface area contributed by atoms with Gasteiger partial charge in [0.1, 0.15) is 11.7 Å². The summed E-state index contributed by atoms with van der Waals surface area (Å²) in [5.41, 5.74) is -4.48. The van der Waals surface area contributed by atoms with E-state index < -0.39 is 41.5 Å². The van der Waals surface area contributed by atoms with Crippen LogP contribution in [-0.4, -0.2) is 28.8 Å². The molecular formula is C18H13ClF4N2O3. The summed E-state index contributed by atoms with van der Waals surface area (Å²) in [7, 11) is 0. The molecule has 10 heteroatoms. The standard InChI is InChI=1S/C18H13ClF4N2O3/c19-10-7-5-9(6-8-10)15(26)13-14(11-3-1-2-4-12(11)20)24-16(27)25-17(13,28)18(21,22)23/h1-8,13-14,28H,(H2,24,25,27). The van der Waals surface area contributed by atoms with E-state index in [1.54, 1.807) is 0 Å². The quantitative estimate of drug-likeness (QED) is 0.528. The molecule has 1 saturated heterocycles. The summed E-state index contributed by atoms with van der Waals surface area (Å²) in [4.78, 5) is 24.8. The van der Waals surface area contributed by atoms with E-state index in [0.29, 0.717) is 0 Å². The second-order valence-corrected chi connectivity index (χ2v) is 6.65.